The fraction of sp³-hybridized carbons (Fsp3) is 0.458. The summed E-state index contributed by atoms with van der Waals surface area (Å²) in [6.07, 6.45) is 6.14. The van der Waals surface area contributed by atoms with Gasteiger partial charge in [-0.25, -0.2) is 4.52 Å². The summed E-state index contributed by atoms with van der Waals surface area (Å²) in [5, 5.41) is 21.7. The molecule has 10 heteroatoms. The van der Waals surface area contributed by atoms with Gasteiger partial charge in [-0.3, -0.25) is 14.3 Å². The first-order valence-electron chi connectivity index (χ1n) is 11.3. The van der Waals surface area contributed by atoms with Crippen molar-refractivity contribution in [3.63, 3.8) is 0 Å². The van der Waals surface area contributed by atoms with E-state index >= 15 is 0 Å². The number of aryl methyl sites for hydroxylation is 2. The van der Waals surface area contributed by atoms with Crippen LogP contribution in [0.5, 0.6) is 0 Å². The van der Waals surface area contributed by atoms with Gasteiger partial charge in [-0.2, -0.15) is 15.5 Å². The second-order valence-corrected chi connectivity index (χ2v) is 9.52. The highest BCUT2D eigenvalue weighted by Gasteiger charge is 2.40. The number of hydrogen-bond donors (Lipinski definition) is 2. The smallest absolute Gasteiger partial charge is 0.252 e. The molecule has 1 fully saturated rings. The van der Waals surface area contributed by atoms with Crippen molar-refractivity contribution in [2.24, 2.45) is 24.1 Å². The van der Waals surface area contributed by atoms with E-state index in [1.165, 1.54) is 6.20 Å². The quantitative estimate of drug-likeness (QED) is 0.577. The molecule has 3 N–H and O–H groups in total. The molecule has 0 radical (unpaired) electrons. The molecule has 178 valence electrons. The van der Waals surface area contributed by atoms with Crippen molar-refractivity contribution in [1.29, 1.82) is 5.26 Å². The lowest BCUT2D eigenvalue weighted by Gasteiger charge is -2.24. The third-order valence-electron chi connectivity index (χ3n) is 6.62. The number of likely N-dealkylation sites (tertiary alicyclic amines) is 1. The van der Waals surface area contributed by atoms with Crippen LogP contribution in [0.4, 0.5) is 5.69 Å². The Morgan fingerprint density at radius 2 is 2.06 bits per heavy atom. The minimum absolute atomic E-state index is 0.105. The first-order chi connectivity index (χ1) is 16.1. The molecule has 1 aliphatic rings. The van der Waals surface area contributed by atoms with Gasteiger partial charge in [0.2, 0.25) is 5.91 Å². The van der Waals surface area contributed by atoms with Gasteiger partial charge < -0.3 is 16.0 Å². The molecule has 1 saturated heterocycles. The molecule has 0 aromatic carbocycles. The Morgan fingerprint density at radius 3 is 2.65 bits per heavy atom. The normalized spacial score (nSPS) is 18.3. The SMILES string of the molecule is CC[C@@H]1CN(C(=O)C(C)(C)C#N)C[C@H]1Nc1c(C(N)=O)cnn2cc(-c3cn(C)nc3C)cc12. The van der Waals surface area contributed by atoms with E-state index in [0.29, 0.717) is 24.3 Å². The van der Waals surface area contributed by atoms with E-state index in [1.807, 2.05) is 32.4 Å². The Balaban J connectivity index is 1.73. The Morgan fingerprint density at radius 1 is 1.32 bits per heavy atom. The second-order valence-electron chi connectivity index (χ2n) is 9.52. The van der Waals surface area contributed by atoms with Crippen LogP contribution in [-0.4, -0.2) is 55.2 Å². The highest BCUT2D eigenvalue weighted by molar-refractivity contribution is 6.02. The summed E-state index contributed by atoms with van der Waals surface area (Å²) in [6.45, 7) is 8.27. The van der Waals surface area contributed by atoms with Gasteiger partial charge in [-0.15, -0.1) is 0 Å². The molecule has 0 aliphatic carbocycles. The zero-order chi connectivity index (χ0) is 24.8. The van der Waals surface area contributed by atoms with Gasteiger partial charge in [-0.05, 0) is 39.2 Å². The molecule has 3 aromatic heterocycles. The number of nitrogens with zero attached hydrogens (tertiary/aromatic N) is 6. The molecule has 4 rings (SSSR count). The van der Waals surface area contributed by atoms with Crippen molar-refractivity contribution < 1.29 is 9.59 Å². The summed E-state index contributed by atoms with van der Waals surface area (Å²) >= 11 is 0. The molecule has 0 unspecified atom stereocenters. The second kappa shape index (κ2) is 8.48. The molecule has 2 atom stereocenters. The van der Waals surface area contributed by atoms with Crippen molar-refractivity contribution in [3.05, 3.63) is 35.9 Å². The van der Waals surface area contributed by atoms with Crippen molar-refractivity contribution >= 4 is 23.0 Å². The van der Waals surface area contributed by atoms with Crippen molar-refractivity contribution in [2.75, 3.05) is 18.4 Å². The average molecular weight is 463 g/mol. The van der Waals surface area contributed by atoms with Crippen LogP contribution in [0, 0.1) is 29.6 Å². The predicted molar refractivity (Wildman–Crippen MR) is 128 cm³/mol. The van der Waals surface area contributed by atoms with Gasteiger partial charge in [-0.1, -0.05) is 6.92 Å². The number of fused-ring (bicyclic) bond motifs is 1. The lowest BCUT2D eigenvalue weighted by atomic mass is 9.94. The van der Waals surface area contributed by atoms with E-state index in [1.54, 1.807) is 27.9 Å². The van der Waals surface area contributed by atoms with E-state index in [2.05, 4.69) is 28.5 Å². The molecule has 10 nitrogen and oxygen atoms in total. The summed E-state index contributed by atoms with van der Waals surface area (Å²) < 4.78 is 3.47. The molecule has 0 bridgehead atoms. The van der Waals surface area contributed by atoms with Gasteiger partial charge in [0, 0.05) is 49.7 Å². The summed E-state index contributed by atoms with van der Waals surface area (Å²) in [7, 11) is 1.87. The monoisotopic (exact) mass is 462 g/mol. The number of anilines is 1. The minimum atomic E-state index is -1.09. The minimum Gasteiger partial charge on any atom is -0.378 e. The van der Waals surface area contributed by atoms with Gasteiger partial charge in [0.05, 0.1) is 34.7 Å². The molecule has 1 aliphatic heterocycles. The van der Waals surface area contributed by atoms with Gasteiger partial charge >= 0.3 is 0 Å². The van der Waals surface area contributed by atoms with Crippen LogP contribution < -0.4 is 11.1 Å². The maximum atomic E-state index is 12.9. The maximum absolute atomic E-state index is 12.9. The molecular weight excluding hydrogens is 432 g/mol. The Bertz CT molecular complexity index is 1310. The molecule has 4 heterocycles. The fourth-order valence-electron chi connectivity index (χ4n) is 4.67. The summed E-state index contributed by atoms with van der Waals surface area (Å²) in [5.74, 6) is -0.616. The lowest BCUT2D eigenvalue weighted by molar-refractivity contribution is -0.136. The highest BCUT2D eigenvalue weighted by atomic mass is 16.2. The van der Waals surface area contributed by atoms with Gasteiger partial charge in [0.25, 0.3) is 5.91 Å². The molecule has 34 heavy (non-hydrogen) atoms. The number of hydrogen-bond acceptors (Lipinski definition) is 6. The Hall–Kier alpha value is -3.87. The van der Waals surface area contributed by atoms with Crippen LogP contribution >= 0.6 is 0 Å². The molecule has 0 spiro atoms. The predicted octanol–water partition coefficient (Wildman–Crippen LogP) is 2.34. The summed E-state index contributed by atoms with van der Waals surface area (Å²) in [5.41, 5.74) is 8.99. The number of carbonyl (C=O) groups is 2. The van der Waals surface area contributed by atoms with Crippen LogP contribution in [0.15, 0.2) is 24.7 Å². The third kappa shape index (κ3) is 3.98. The zero-order valence-electron chi connectivity index (χ0n) is 20.2. The summed E-state index contributed by atoms with van der Waals surface area (Å²) in [4.78, 5) is 26.9. The Labute approximate surface area is 198 Å². The number of rotatable bonds is 6. The fourth-order valence-corrected chi connectivity index (χ4v) is 4.67. The van der Waals surface area contributed by atoms with Crippen molar-refractivity contribution in [1.82, 2.24) is 24.3 Å². The van der Waals surface area contributed by atoms with Crippen molar-refractivity contribution in [2.45, 2.75) is 40.2 Å². The van der Waals surface area contributed by atoms with E-state index in [0.717, 1.165) is 23.2 Å². The van der Waals surface area contributed by atoms with Crippen LogP contribution in [0.3, 0.4) is 0 Å². The van der Waals surface area contributed by atoms with Crippen LogP contribution in [-0.2, 0) is 11.8 Å². The molecular formula is C24H30N8O2. The van der Waals surface area contributed by atoms with Crippen LogP contribution in [0.2, 0.25) is 0 Å². The maximum Gasteiger partial charge on any atom is 0.252 e. The number of primary amides is 1. The van der Waals surface area contributed by atoms with E-state index < -0.39 is 11.3 Å². The van der Waals surface area contributed by atoms with Crippen LogP contribution in [0.1, 0.15) is 43.2 Å². The van der Waals surface area contributed by atoms with Gasteiger partial charge in [0.1, 0.15) is 5.41 Å². The van der Waals surface area contributed by atoms with E-state index in [-0.39, 0.29) is 23.4 Å². The Kier molecular flexibility index (Phi) is 5.81. The first kappa shape index (κ1) is 23.3. The number of aromatic nitrogens is 4. The van der Waals surface area contributed by atoms with E-state index in [4.69, 9.17) is 5.73 Å². The lowest BCUT2D eigenvalue weighted by Crippen LogP contribution is -2.40. The number of amides is 2. The number of nitriles is 1. The number of nitrogens with two attached hydrogens (primary N) is 1. The number of nitrogens with one attached hydrogen (secondary N) is 1. The van der Waals surface area contributed by atoms with Gasteiger partial charge in [0.15, 0.2) is 0 Å². The topological polar surface area (TPSA) is 134 Å². The standard InChI is InChI=1S/C24H30N8O2/c1-6-15-9-31(23(34)24(3,4)13-25)12-19(15)28-21-17(22(26)33)8-27-32-10-16(7-20(21)32)18-11-30(5)29-14(18)2/h7-8,10-11,15,19,28H,6,9,12H2,1-5H3,(H2,26,33)/t15-,19-/m1/s1. The summed E-state index contributed by atoms with van der Waals surface area (Å²) in [6, 6.07) is 3.95. The third-order valence-corrected chi connectivity index (χ3v) is 6.62. The highest BCUT2D eigenvalue weighted by Crippen LogP contribution is 2.33. The molecule has 2 amide bonds. The van der Waals surface area contributed by atoms with Crippen LogP contribution in [0.25, 0.3) is 16.6 Å². The first-order valence-corrected chi connectivity index (χ1v) is 11.3. The largest absolute Gasteiger partial charge is 0.378 e. The molecule has 3 aromatic rings. The zero-order valence-corrected chi connectivity index (χ0v) is 20.2. The average Bonchev–Trinajstić information content (AvgIpc) is 3.49. The number of carbonyl (C=O) groups excluding carboxylic acids is 2. The van der Waals surface area contributed by atoms with Crippen molar-refractivity contribution in [3.8, 4) is 17.2 Å². The molecule has 0 saturated carbocycles. The van der Waals surface area contributed by atoms with E-state index in [9.17, 15) is 14.9 Å².